The molecule has 9 heteroatoms. The number of carboxylic acid groups (broad SMARTS) is 1. The van der Waals surface area contributed by atoms with E-state index in [2.05, 4.69) is 10.3 Å². The average molecular weight is 291 g/mol. The van der Waals surface area contributed by atoms with Crippen molar-refractivity contribution in [2.24, 2.45) is 5.73 Å². The van der Waals surface area contributed by atoms with Crippen molar-refractivity contribution in [3.8, 4) is 0 Å². The second-order valence-corrected chi connectivity index (χ2v) is 3.90. The van der Waals surface area contributed by atoms with Gasteiger partial charge in [0.1, 0.15) is 17.6 Å². The number of carbonyl (C=O) groups excluding carboxylic acids is 1. The number of halogens is 3. The summed E-state index contributed by atoms with van der Waals surface area (Å²) in [6.07, 6.45) is -4.62. The van der Waals surface area contributed by atoms with Crippen LogP contribution in [0.25, 0.3) is 0 Å². The van der Waals surface area contributed by atoms with E-state index in [0.29, 0.717) is 6.07 Å². The number of aliphatic carboxylic acids is 1. The first-order valence-electron chi connectivity index (χ1n) is 5.54. The Balaban J connectivity index is 3.25. The Labute approximate surface area is 111 Å². The lowest BCUT2D eigenvalue weighted by Gasteiger charge is -2.16. The minimum Gasteiger partial charge on any atom is -0.480 e. The van der Waals surface area contributed by atoms with E-state index in [1.54, 1.807) is 0 Å². The third kappa shape index (κ3) is 3.59. The summed E-state index contributed by atoms with van der Waals surface area (Å²) in [4.78, 5) is 25.2. The zero-order valence-electron chi connectivity index (χ0n) is 10.4. The number of hydrogen-bond acceptors (Lipinski definition) is 4. The third-order valence-corrected chi connectivity index (χ3v) is 2.47. The zero-order chi connectivity index (χ0) is 15.5. The number of anilines is 1. The summed E-state index contributed by atoms with van der Waals surface area (Å²) in [5.41, 5.74) is 3.47. The minimum absolute atomic E-state index is 0.0888. The molecule has 0 saturated carbocycles. The normalized spacial score (nSPS) is 12.8. The van der Waals surface area contributed by atoms with Gasteiger partial charge < -0.3 is 16.2 Å². The van der Waals surface area contributed by atoms with Crippen LogP contribution >= 0.6 is 0 Å². The maximum atomic E-state index is 12.6. The number of alkyl halides is 3. The number of carboxylic acids is 1. The molecule has 0 saturated heterocycles. The van der Waals surface area contributed by atoms with Crippen LogP contribution in [-0.4, -0.2) is 28.0 Å². The topological polar surface area (TPSA) is 105 Å². The molecule has 0 spiro atoms. The summed E-state index contributed by atoms with van der Waals surface area (Å²) < 4.78 is 37.7. The number of nitrogens with two attached hydrogens (primary N) is 1. The first-order chi connectivity index (χ1) is 9.16. The van der Waals surface area contributed by atoms with Gasteiger partial charge in [0.05, 0.1) is 5.56 Å². The van der Waals surface area contributed by atoms with Crippen molar-refractivity contribution in [2.45, 2.75) is 25.6 Å². The van der Waals surface area contributed by atoms with Crippen LogP contribution in [0.1, 0.15) is 29.4 Å². The molecule has 110 valence electrons. The van der Waals surface area contributed by atoms with Crippen LogP contribution in [0.15, 0.2) is 12.1 Å². The molecule has 0 aliphatic carbocycles. The highest BCUT2D eigenvalue weighted by atomic mass is 19.4. The maximum absolute atomic E-state index is 12.6. The van der Waals surface area contributed by atoms with Crippen LogP contribution in [0, 0.1) is 0 Å². The van der Waals surface area contributed by atoms with Crippen LogP contribution in [0.5, 0.6) is 0 Å². The van der Waals surface area contributed by atoms with Crippen LogP contribution in [0.2, 0.25) is 0 Å². The van der Waals surface area contributed by atoms with Crippen LogP contribution in [-0.2, 0) is 11.0 Å². The van der Waals surface area contributed by atoms with Gasteiger partial charge in [0.25, 0.3) is 5.91 Å². The highest BCUT2D eigenvalue weighted by molar-refractivity contribution is 5.98. The van der Waals surface area contributed by atoms with E-state index in [9.17, 15) is 22.8 Å². The highest BCUT2D eigenvalue weighted by Gasteiger charge is 2.33. The summed E-state index contributed by atoms with van der Waals surface area (Å²) in [7, 11) is 0. The Morgan fingerprint density at radius 1 is 1.45 bits per heavy atom. The molecule has 1 aromatic heterocycles. The zero-order valence-corrected chi connectivity index (χ0v) is 10.4. The van der Waals surface area contributed by atoms with Gasteiger partial charge in [0.2, 0.25) is 0 Å². The molecule has 0 aliphatic rings. The van der Waals surface area contributed by atoms with E-state index in [1.807, 2.05) is 0 Å². The Morgan fingerprint density at radius 3 is 2.45 bits per heavy atom. The van der Waals surface area contributed by atoms with Crippen molar-refractivity contribution < 1.29 is 27.9 Å². The van der Waals surface area contributed by atoms with E-state index in [4.69, 9.17) is 10.8 Å². The summed E-state index contributed by atoms with van der Waals surface area (Å²) >= 11 is 0. The van der Waals surface area contributed by atoms with Crippen LogP contribution in [0.3, 0.4) is 0 Å². The van der Waals surface area contributed by atoms with Crippen molar-refractivity contribution >= 4 is 17.7 Å². The van der Waals surface area contributed by atoms with E-state index < -0.39 is 35.6 Å². The molecule has 4 N–H and O–H groups in total. The Morgan fingerprint density at radius 2 is 2.05 bits per heavy atom. The first-order valence-corrected chi connectivity index (χ1v) is 5.54. The Hall–Kier alpha value is -2.32. The lowest BCUT2D eigenvalue weighted by Crippen LogP contribution is -2.30. The fourth-order valence-electron chi connectivity index (χ4n) is 1.43. The molecule has 1 heterocycles. The summed E-state index contributed by atoms with van der Waals surface area (Å²) in [6, 6.07) is 0.284. The fraction of sp³-hybridized carbons (Fsp3) is 0.364. The second kappa shape index (κ2) is 5.76. The van der Waals surface area contributed by atoms with Gasteiger partial charge in [0.15, 0.2) is 0 Å². The maximum Gasteiger partial charge on any atom is 0.433 e. The monoisotopic (exact) mass is 291 g/mol. The number of carbonyl (C=O) groups is 2. The number of amides is 1. The lowest BCUT2D eigenvalue weighted by atomic mass is 10.1. The molecule has 0 aromatic carbocycles. The van der Waals surface area contributed by atoms with Gasteiger partial charge >= 0.3 is 12.1 Å². The van der Waals surface area contributed by atoms with E-state index >= 15 is 0 Å². The number of hydrogen-bond donors (Lipinski definition) is 3. The van der Waals surface area contributed by atoms with Gasteiger partial charge in [-0.25, -0.2) is 9.78 Å². The van der Waals surface area contributed by atoms with Gasteiger partial charge in [-0.05, 0) is 18.6 Å². The van der Waals surface area contributed by atoms with Gasteiger partial charge in [-0.3, -0.25) is 4.79 Å². The Kier molecular flexibility index (Phi) is 4.53. The first kappa shape index (κ1) is 15.7. The quantitative estimate of drug-likeness (QED) is 0.762. The fourth-order valence-corrected chi connectivity index (χ4v) is 1.43. The molecule has 6 nitrogen and oxygen atoms in total. The SMILES string of the molecule is CCC(Nc1nc(C(F)(F)F)ccc1C(N)=O)C(=O)O. The number of nitrogens with zero attached hydrogens (tertiary/aromatic N) is 1. The van der Waals surface area contributed by atoms with Crippen molar-refractivity contribution in [2.75, 3.05) is 5.32 Å². The largest absolute Gasteiger partial charge is 0.480 e. The van der Waals surface area contributed by atoms with E-state index in [1.165, 1.54) is 6.92 Å². The predicted molar refractivity (Wildman–Crippen MR) is 63.1 cm³/mol. The number of rotatable bonds is 5. The van der Waals surface area contributed by atoms with Crippen LogP contribution < -0.4 is 11.1 Å². The molecule has 0 radical (unpaired) electrons. The molecular weight excluding hydrogens is 279 g/mol. The second-order valence-electron chi connectivity index (χ2n) is 3.90. The minimum atomic E-state index is -4.71. The average Bonchev–Trinajstić information content (AvgIpc) is 2.33. The summed E-state index contributed by atoms with van der Waals surface area (Å²) in [5.74, 6) is -2.78. The number of aromatic nitrogens is 1. The molecule has 20 heavy (non-hydrogen) atoms. The highest BCUT2D eigenvalue weighted by Crippen LogP contribution is 2.29. The standard InChI is InChI=1S/C11H12F3N3O3/c1-2-6(10(19)20)16-9-5(8(15)18)3-4-7(17-9)11(12,13)14/h3-4,6H,2H2,1H3,(H2,15,18)(H,16,17)(H,19,20). The van der Waals surface area contributed by atoms with Gasteiger partial charge in [-0.15, -0.1) is 0 Å². The number of primary amides is 1. The molecule has 1 rings (SSSR count). The molecule has 0 bridgehead atoms. The molecule has 0 fully saturated rings. The van der Waals surface area contributed by atoms with Crippen molar-refractivity contribution in [1.82, 2.24) is 4.98 Å². The summed E-state index contributed by atoms with van der Waals surface area (Å²) in [5, 5.41) is 11.1. The molecule has 1 amide bonds. The Bertz CT molecular complexity index is 531. The van der Waals surface area contributed by atoms with E-state index in [0.717, 1.165) is 6.07 Å². The molecule has 1 atom stereocenters. The number of pyridine rings is 1. The van der Waals surface area contributed by atoms with Gasteiger partial charge in [-0.1, -0.05) is 6.92 Å². The molecule has 1 unspecified atom stereocenters. The third-order valence-electron chi connectivity index (χ3n) is 2.47. The van der Waals surface area contributed by atoms with Gasteiger partial charge in [-0.2, -0.15) is 13.2 Å². The molecular formula is C11H12F3N3O3. The molecule has 0 aliphatic heterocycles. The lowest BCUT2D eigenvalue weighted by molar-refractivity contribution is -0.141. The smallest absolute Gasteiger partial charge is 0.433 e. The van der Waals surface area contributed by atoms with Crippen molar-refractivity contribution in [3.05, 3.63) is 23.4 Å². The van der Waals surface area contributed by atoms with Crippen LogP contribution in [0.4, 0.5) is 19.0 Å². The van der Waals surface area contributed by atoms with Gasteiger partial charge in [0, 0.05) is 0 Å². The number of nitrogens with one attached hydrogen (secondary N) is 1. The summed E-state index contributed by atoms with van der Waals surface area (Å²) in [6.45, 7) is 1.52. The predicted octanol–water partition coefficient (Wildman–Crippen LogP) is 1.47. The van der Waals surface area contributed by atoms with Crippen molar-refractivity contribution in [3.63, 3.8) is 0 Å². The molecule has 1 aromatic rings. The van der Waals surface area contributed by atoms with E-state index in [-0.39, 0.29) is 12.0 Å². The van der Waals surface area contributed by atoms with Crippen molar-refractivity contribution in [1.29, 1.82) is 0 Å².